The third kappa shape index (κ3) is 5.50. The Labute approximate surface area is 186 Å². The number of nitrogens with one attached hydrogen (secondary N) is 1. The summed E-state index contributed by atoms with van der Waals surface area (Å²) in [6.07, 6.45) is 0. The van der Waals surface area contributed by atoms with Gasteiger partial charge < -0.3 is 4.74 Å². The van der Waals surface area contributed by atoms with Gasteiger partial charge >= 0.3 is 0 Å². The van der Waals surface area contributed by atoms with Gasteiger partial charge in [0.15, 0.2) is 0 Å². The highest BCUT2D eigenvalue weighted by Gasteiger charge is 2.27. The number of sulfonamides is 1. The molecule has 1 amide bonds. The van der Waals surface area contributed by atoms with Crippen LogP contribution in [0, 0.1) is 6.92 Å². The first-order chi connectivity index (χ1) is 14.8. The molecule has 0 unspecified atom stereocenters. The van der Waals surface area contributed by atoms with Crippen molar-refractivity contribution in [3.8, 4) is 5.75 Å². The highest BCUT2D eigenvalue weighted by atomic mass is 32.2. The van der Waals surface area contributed by atoms with E-state index in [0.717, 1.165) is 14.7 Å². The van der Waals surface area contributed by atoms with Gasteiger partial charge in [0.25, 0.3) is 15.9 Å². The molecule has 162 valence electrons. The maximum atomic E-state index is 13.3. The fourth-order valence-corrected chi connectivity index (χ4v) is 4.85. The molecule has 7 nitrogen and oxygen atoms in total. The van der Waals surface area contributed by atoms with Crippen molar-refractivity contribution in [2.75, 3.05) is 18.0 Å². The van der Waals surface area contributed by atoms with E-state index in [-0.39, 0.29) is 4.90 Å². The summed E-state index contributed by atoms with van der Waals surface area (Å²) in [5.74, 6) is -0.00876. The van der Waals surface area contributed by atoms with Gasteiger partial charge in [-0.15, -0.1) is 11.3 Å². The van der Waals surface area contributed by atoms with E-state index in [0.29, 0.717) is 17.1 Å². The zero-order valence-electron chi connectivity index (χ0n) is 17.4. The fourth-order valence-electron chi connectivity index (χ4n) is 2.75. The molecule has 0 saturated carbocycles. The SMILES string of the molecule is COc1ccc(S(=O)(=O)N(CC(=O)N/N=C(/C)c2cccs2)c2ccc(C)cc2)cc1. The molecule has 1 heterocycles. The number of hydrogen-bond donors (Lipinski definition) is 1. The van der Waals surface area contributed by atoms with Crippen LogP contribution in [0.2, 0.25) is 0 Å². The monoisotopic (exact) mass is 457 g/mol. The summed E-state index contributed by atoms with van der Waals surface area (Å²) in [6.45, 7) is 3.26. The zero-order valence-corrected chi connectivity index (χ0v) is 19.0. The number of anilines is 1. The summed E-state index contributed by atoms with van der Waals surface area (Å²) in [5, 5.41) is 6.01. The molecule has 0 aliphatic carbocycles. The molecule has 3 rings (SSSR count). The van der Waals surface area contributed by atoms with E-state index in [9.17, 15) is 13.2 Å². The lowest BCUT2D eigenvalue weighted by molar-refractivity contribution is -0.119. The number of hydrogen-bond acceptors (Lipinski definition) is 6. The topological polar surface area (TPSA) is 88.1 Å². The van der Waals surface area contributed by atoms with Crippen LogP contribution in [0.1, 0.15) is 17.4 Å². The molecule has 0 atom stereocenters. The summed E-state index contributed by atoms with van der Waals surface area (Å²) in [6, 6.07) is 16.7. The predicted molar refractivity (Wildman–Crippen MR) is 123 cm³/mol. The first-order valence-corrected chi connectivity index (χ1v) is 11.7. The van der Waals surface area contributed by atoms with E-state index in [4.69, 9.17) is 4.74 Å². The minimum Gasteiger partial charge on any atom is -0.497 e. The second-order valence-electron chi connectivity index (χ2n) is 6.73. The summed E-state index contributed by atoms with van der Waals surface area (Å²) in [5.41, 5.74) is 4.46. The average Bonchev–Trinajstić information content (AvgIpc) is 3.31. The van der Waals surface area contributed by atoms with Gasteiger partial charge in [0.2, 0.25) is 0 Å². The molecule has 0 bridgehead atoms. The van der Waals surface area contributed by atoms with Crippen molar-refractivity contribution in [2.45, 2.75) is 18.7 Å². The zero-order chi connectivity index (χ0) is 22.4. The van der Waals surface area contributed by atoms with Crippen LogP contribution in [-0.2, 0) is 14.8 Å². The summed E-state index contributed by atoms with van der Waals surface area (Å²) < 4.78 is 32.9. The molecule has 3 aromatic rings. The summed E-state index contributed by atoms with van der Waals surface area (Å²) in [7, 11) is -2.49. The van der Waals surface area contributed by atoms with E-state index >= 15 is 0 Å². The lowest BCUT2D eigenvalue weighted by Crippen LogP contribution is -2.39. The number of rotatable bonds is 8. The quantitative estimate of drug-likeness (QED) is 0.412. The first-order valence-electron chi connectivity index (χ1n) is 9.42. The molecular weight excluding hydrogens is 434 g/mol. The largest absolute Gasteiger partial charge is 0.497 e. The van der Waals surface area contributed by atoms with Crippen LogP contribution in [0.25, 0.3) is 0 Å². The van der Waals surface area contributed by atoms with Crippen molar-refractivity contribution in [1.29, 1.82) is 0 Å². The molecule has 31 heavy (non-hydrogen) atoms. The fraction of sp³-hybridized carbons (Fsp3) is 0.182. The molecule has 0 aliphatic rings. The van der Waals surface area contributed by atoms with Gasteiger partial charge in [0.05, 0.1) is 23.4 Å². The van der Waals surface area contributed by atoms with Gasteiger partial charge in [-0.05, 0) is 61.7 Å². The minimum atomic E-state index is -4.00. The summed E-state index contributed by atoms with van der Waals surface area (Å²) >= 11 is 1.50. The third-order valence-electron chi connectivity index (χ3n) is 4.48. The molecule has 0 radical (unpaired) electrons. The van der Waals surface area contributed by atoms with Crippen molar-refractivity contribution in [3.63, 3.8) is 0 Å². The van der Waals surface area contributed by atoms with Crippen molar-refractivity contribution in [2.24, 2.45) is 5.10 Å². The second kappa shape index (κ2) is 9.76. The van der Waals surface area contributed by atoms with Gasteiger partial charge in [-0.2, -0.15) is 5.10 Å². The van der Waals surface area contributed by atoms with E-state index < -0.39 is 22.5 Å². The van der Waals surface area contributed by atoms with Gasteiger partial charge in [-0.3, -0.25) is 9.10 Å². The Bertz CT molecular complexity index is 1150. The Morgan fingerprint density at radius 1 is 1.10 bits per heavy atom. The van der Waals surface area contributed by atoms with Crippen LogP contribution in [0.4, 0.5) is 5.69 Å². The Balaban J connectivity index is 1.88. The molecule has 1 N–H and O–H groups in total. The molecule has 0 saturated heterocycles. The van der Waals surface area contributed by atoms with Crippen molar-refractivity contribution >= 4 is 38.7 Å². The normalized spacial score (nSPS) is 11.8. The molecule has 0 aliphatic heterocycles. The maximum Gasteiger partial charge on any atom is 0.264 e. The van der Waals surface area contributed by atoms with E-state index in [1.165, 1.54) is 30.6 Å². The lowest BCUT2D eigenvalue weighted by atomic mass is 10.2. The smallest absolute Gasteiger partial charge is 0.264 e. The first kappa shape index (κ1) is 22.5. The van der Waals surface area contributed by atoms with Gasteiger partial charge in [-0.1, -0.05) is 23.8 Å². The van der Waals surface area contributed by atoms with E-state index in [2.05, 4.69) is 10.5 Å². The average molecular weight is 458 g/mol. The highest BCUT2D eigenvalue weighted by molar-refractivity contribution is 7.92. The third-order valence-corrected chi connectivity index (χ3v) is 7.25. The van der Waals surface area contributed by atoms with Crippen LogP contribution in [-0.4, -0.2) is 33.7 Å². The minimum absolute atomic E-state index is 0.0555. The molecule has 0 spiro atoms. The Morgan fingerprint density at radius 2 is 1.77 bits per heavy atom. The van der Waals surface area contributed by atoms with Crippen molar-refractivity contribution in [1.82, 2.24) is 5.43 Å². The lowest BCUT2D eigenvalue weighted by Gasteiger charge is -2.24. The molecule has 1 aromatic heterocycles. The number of nitrogens with zero attached hydrogens (tertiary/aromatic N) is 2. The Hall–Kier alpha value is -3.17. The summed E-state index contributed by atoms with van der Waals surface area (Å²) in [4.78, 5) is 13.6. The van der Waals surface area contributed by atoms with Gasteiger partial charge in [0, 0.05) is 4.88 Å². The highest BCUT2D eigenvalue weighted by Crippen LogP contribution is 2.25. The van der Waals surface area contributed by atoms with Crippen LogP contribution in [0.15, 0.2) is 76.0 Å². The number of amides is 1. The molecule has 2 aromatic carbocycles. The Kier molecular flexibility index (Phi) is 7.09. The number of benzene rings is 2. The van der Waals surface area contributed by atoms with Crippen LogP contribution in [0.3, 0.4) is 0 Å². The van der Waals surface area contributed by atoms with E-state index in [1.807, 2.05) is 24.4 Å². The number of aryl methyl sites for hydroxylation is 1. The van der Waals surface area contributed by atoms with Gasteiger partial charge in [0.1, 0.15) is 12.3 Å². The van der Waals surface area contributed by atoms with E-state index in [1.54, 1.807) is 43.3 Å². The number of methoxy groups -OCH3 is 1. The maximum absolute atomic E-state index is 13.3. The molecule has 0 fully saturated rings. The van der Waals surface area contributed by atoms with Crippen molar-refractivity contribution < 1.29 is 17.9 Å². The second-order valence-corrected chi connectivity index (χ2v) is 9.54. The van der Waals surface area contributed by atoms with Crippen LogP contribution >= 0.6 is 11.3 Å². The number of hydrazone groups is 1. The molecule has 9 heteroatoms. The van der Waals surface area contributed by atoms with Crippen molar-refractivity contribution in [3.05, 3.63) is 76.5 Å². The Morgan fingerprint density at radius 3 is 2.35 bits per heavy atom. The number of carbonyl (C=O) groups excluding carboxylic acids is 1. The van der Waals surface area contributed by atoms with Crippen LogP contribution < -0.4 is 14.5 Å². The number of ether oxygens (including phenoxy) is 1. The predicted octanol–water partition coefficient (Wildman–Crippen LogP) is 3.80. The van der Waals surface area contributed by atoms with Gasteiger partial charge in [-0.25, -0.2) is 13.8 Å². The number of carbonyl (C=O) groups is 1. The van der Waals surface area contributed by atoms with Crippen LogP contribution in [0.5, 0.6) is 5.75 Å². The molecular formula is C22H23N3O4S2. The number of thiophene rings is 1. The standard InChI is InChI=1S/C22H23N3O4S2/c1-16-6-8-18(9-7-16)25(31(27,28)20-12-10-19(29-3)11-13-20)15-22(26)24-23-17(2)21-5-4-14-30-21/h4-14H,15H2,1-3H3,(H,24,26)/b23-17-.